The van der Waals surface area contributed by atoms with Gasteiger partial charge >= 0.3 is 0 Å². The fraction of sp³-hybridized carbons (Fsp3) is 0.333. The van der Waals surface area contributed by atoms with Gasteiger partial charge in [-0.25, -0.2) is 8.78 Å². The number of rotatable bonds is 9. The molecular formula is C21H24ClF2N3O3. The summed E-state index contributed by atoms with van der Waals surface area (Å²) in [6, 6.07) is 5.82. The van der Waals surface area contributed by atoms with Crippen molar-refractivity contribution in [2.45, 2.75) is 38.8 Å². The smallest absolute Gasteiger partial charge is 0.254 e. The molecule has 0 bridgehead atoms. The largest absolute Gasteiger partial charge is 0.453 e. The SMILES string of the molecule is CC[C@@H](N[C@H](C)CC(N)=O)c1ccc(Cl)c(Oc2ccc(F)c(C(=O)NC)c2)c1F. The summed E-state index contributed by atoms with van der Waals surface area (Å²) < 4.78 is 34.7. The normalized spacial score (nSPS) is 12.9. The molecule has 0 aliphatic heterocycles. The molecule has 2 amide bonds. The van der Waals surface area contributed by atoms with Crippen LogP contribution in [0.3, 0.4) is 0 Å². The van der Waals surface area contributed by atoms with Crippen molar-refractivity contribution < 1.29 is 23.1 Å². The van der Waals surface area contributed by atoms with Crippen LogP contribution in [-0.2, 0) is 4.79 Å². The molecule has 0 aliphatic carbocycles. The highest BCUT2D eigenvalue weighted by Crippen LogP contribution is 2.37. The van der Waals surface area contributed by atoms with E-state index in [1.165, 1.54) is 31.3 Å². The number of hydrogen-bond donors (Lipinski definition) is 3. The number of nitrogens with one attached hydrogen (secondary N) is 2. The Hall–Kier alpha value is -2.71. The third kappa shape index (κ3) is 5.67. The average molecular weight is 440 g/mol. The number of amides is 2. The van der Waals surface area contributed by atoms with Crippen molar-refractivity contribution >= 4 is 23.4 Å². The van der Waals surface area contributed by atoms with Gasteiger partial charge < -0.3 is 21.1 Å². The van der Waals surface area contributed by atoms with E-state index in [1.54, 1.807) is 6.92 Å². The lowest BCUT2D eigenvalue weighted by atomic mass is 10.0. The first-order chi connectivity index (χ1) is 14.2. The molecule has 2 atom stereocenters. The second-order valence-electron chi connectivity index (χ2n) is 6.80. The molecule has 2 rings (SSSR count). The second-order valence-corrected chi connectivity index (χ2v) is 7.21. The first-order valence-corrected chi connectivity index (χ1v) is 9.77. The molecule has 30 heavy (non-hydrogen) atoms. The van der Waals surface area contributed by atoms with Crippen LogP contribution in [-0.4, -0.2) is 24.9 Å². The van der Waals surface area contributed by atoms with Gasteiger partial charge in [0.15, 0.2) is 11.6 Å². The van der Waals surface area contributed by atoms with E-state index in [0.717, 1.165) is 6.07 Å². The summed E-state index contributed by atoms with van der Waals surface area (Å²) in [5, 5.41) is 5.50. The number of carbonyl (C=O) groups excluding carboxylic acids is 2. The minimum Gasteiger partial charge on any atom is -0.453 e. The molecule has 2 aromatic rings. The number of carbonyl (C=O) groups is 2. The van der Waals surface area contributed by atoms with Gasteiger partial charge in [0.25, 0.3) is 5.91 Å². The lowest BCUT2D eigenvalue weighted by Crippen LogP contribution is -2.34. The van der Waals surface area contributed by atoms with E-state index in [1.807, 2.05) is 6.92 Å². The van der Waals surface area contributed by atoms with Gasteiger partial charge in [0.1, 0.15) is 11.6 Å². The summed E-state index contributed by atoms with van der Waals surface area (Å²) in [7, 11) is 1.37. The van der Waals surface area contributed by atoms with Crippen LogP contribution in [0.1, 0.15) is 48.7 Å². The van der Waals surface area contributed by atoms with E-state index < -0.39 is 29.5 Å². The van der Waals surface area contributed by atoms with E-state index in [-0.39, 0.29) is 34.5 Å². The molecule has 0 unspecified atom stereocenters. The zero-order valence-corrected chi connectivity index (χ0v) is 17.6. The quantitative estimate of drug-likeness (QED) is 0.549. The molecule has 0 saturated heterocycles. The van der Waals surface area contributed by atoms with Crippen LogP contribution >= 0.6 is 11.6 Å². The van der Waals surface area contributed by atoms with Crippen molar-refractivity contribution in [3.8, 4) is 11.5 Å². The average Bonchev–Trinajstić information content (AvgIpc) is 2.69. The zero-order chi connectivity index (χ0) is 22.4. The van der Waals surface area contributed by atoms with E-state index in [0.29, 0.717) is 12.0 Å². The van der Waals surface area contributed by atoms with Gasteiger partial charge in [-0.15, -0.1) is 0 Å². The summed E-state index contributed by atoms with van der Waals surface area (Å²) in [4.78, 5) is 22.9. The Labute approximate surface area is 178 Å². The van der Waals surface area contributed by atoms with Crippen molar-refractivity contribution in [3.63, 3.8) is 0 Å². The molecule has 9 heteroatoms. The highest BCUT2D eigenvalue weighted by molar-refractivity contribution is 6.32. The Balaban J connectivity index is 2.36. The summed E-state index contributed by atoms with van der Waals surface area (Å²) in [5.74, 6) is -2.73. The fourth-order valence-electron chi connectivity index (χ4n) is 3.04. The number of nitrogens with two attached hydrogens (primary N) is 1. The molecule has 0 spiro atoms. The maximum atomic E-state index is 15.3. The van der Waals surface area contributed by atoms with Crippen LogP contribution < -0.4 is 21.1 Å². The Bertz CT molecular complexity index is 940. The van der Waals surface area contributed by atoms with Crippen LogP contribution in [0.5, 0.6) is 11.5 Å². The van der Waals surface area contributed by atoms with Crippen LogP contribution in [0.4, 0.5) is 8.78 Å². The molecule has 6 nitrogen and oxygen atoms in total. The van der Waals surface area contributed by atoms with Crippen LogP contribution in [0, 0.1) is 11.6 Å². The van der Waals surface area contributed by atoms with Gasteiger partial charge in [-0.3, -0.25) is 9.59 Å². The van der Waals surface area contributed by atoms with E-state index in [2.05, 4.69) is 10.6 Å². The predicted octanol–water partition coefficient (Wildman–Crippen LogP) is 4.07. The Morgan fingerprint density at radius 1 is 1.23 bits per heavy atom. The summed E-state index contributed by atoms with van der Waals surface area (Å²) >= 11 is 6.13. The summed E-state index contributed by atoms with van der Waals surface area (Å²) in [6.45, 7) is 3.64. The highest BCUT2D eigenvalue weighted by atomic mass is 35.5. The summed E-state index contributed by atoms with van der Waals surface area (Å²) in [6.07, 6.45) is 0.630. The van der Waals surface area contributed by atoms with Gasteiger partial charge in [-0.05, 0) is 37.6 Å². The Kier molecular flexibility index (Phi) is 8.14. The molecule has 0 fully saturated rings. The minimum atomic E-state index is -0.735. The molecule has 0 heterocycles. The van der Waals surface area contributed by atoms with E-state index in [9.17, 15) is 14.0 Å². The first-order valence-electron chi connectivity index (χ1n) is 9.39. The van der Waals surface area contributed by atoms with Crippen LogP contribution in [0.15, 0.2) is 30.3 Å². The maximum Gasteiger partial charge on any atom is 0.254 e. The number of halogens is 3. The lowest BCUT2D eigenvalue weighted by molar-refractivity contribution is -0.118. The maximum absolute atomic E-state index is 15.3. The molecular weight excluding hydrogens is 416 g/mol. The zero-order valence-electron chi connectivity index (χ0n) is 16.9. The number of primary amides is 1. The standard InChI is InChI=1S/C21H24ClF2N3O3/c1-4-17(27-11(2)9-18(25)28)13-6-7-15(22)20(19(13)24)30-12-5-8-16(23)14(10-12)21(29)26-3/h5-8,10-11,17,27H,4,9H2,1-3H3,(H2,25,28)(H,26,29)/t11-,17-/m1/s1. The monoisotopic (exact) mass is 439 g/mol. The van der Waals surface area contributed by atoms with Gasteiger partial charge in [0.2, 0.25) is 5.91 Å². The Morgan fingerprint density at radius 3 is 2.53 bits per heavy atom. The predicted molar refractivity (Wildman–Crippen MR) is 111 cm³/mol. The number of benzene rings is 2. The summed E-state index contributed by atoms with van der Waals surface area (Å²) in [5.41, 5.74) is 5.27. The lowest BCUT2D eigenvalue weighted by Gasteiger charge is -2.23. The van der Waals surface area contributed by atoms with Gasteiger partial charge in [-0.1, -0.05) is 24.6 Å². The third-order valence-corrected chi connectivity index (χ3v) is 4.78. The van der Waals surface area contributed by atoms with Gasteiger partial charge in [-0.2, -0.15) is 0 Å². The number of ether oxygens (including phenoxy) is 1. The molecule has 0 aliphatic rings. The molecule has 0 saturated carbocycles. The topological polar surface area (TPSA) is 93.4 Å². The molecule has 0 radical (unpaired) electrons. The van der Waals surface area contributed by atoms with Crippen LogP contribution in [0.2, 0.25) is 5.02 Å². The molecule has 162 valence electrons. The molecule has 4 N–H and O–H groups in total. The van der Waals surface area contributed by atoms with Crippen molar-refractivity contribution in [2.75, 3.05) is 7.05 Å². The number of hydrogen-bond acceptors (Lipinski definition) is 4. The van der Waals surface area contributed by atoms with Gasteiger partial charge in [0.05, 0.1) is 10.6 Å². The minimum absolute atomic E-state index is 0.0158. The fourth-order valence-corrected chi connectivity index (χ4v) is 3.22. The van der Waals surface area contributed by atoms with E-state index in [4.69, 9.17) is 22.1 Å². The van der Waals surface area contributed by atoms with Crippen molar-refractivity contribution in [3.05, 3.63) is 58.1 Å². The second kappa shape index (κ2) is 10.4. The molecule has 2 aromatic carbocycles. The van der Waals surface area contributed by atoms with E-state index >= 15 is 4.39 Å². The van der Waals surface area contributed by atoms with Crippen LogP contribution in [0.25, 0.3) is 0 Å². The van der Waals surface area contributed by atoms with Crippen molar-refractivity contribution in [2.24, 2.45) is 5.73 Å². The first kappa shape index (κ1) is 23.6. The van der Waals surface area contributed by atoms with Crippen molar-refractivity contribution in [1.29, 1.82) is 0 Å². The Morgan fingerprint density at radius 2 is 1.93 bits per heavy atom. The third-order valence-electron chi connectivity index (χ3n) is 4.49. The van der Waals surface area contributed by atoms with Crippen molar-refractivity contribution in [1.82, 2.24) is 10.6 Å². The van der Waals surface area contributed by atoms with Gasteiger partial charge in [0, 0.05) is 31.1 Å². The highest BCUT2D eigenvalue weighted by Gasteiger charge is 2.23. The molecule has 0 aromatic heterocycles.